The van der Waals surface area contributed by atoms with Crippen LogP contribution >= 0.6 is 11.6 Å². The molecule has 0 aliphatic carbocycles. The van der Waals surface area contributed by atoms with Crippen LogP contribution in [0.2, 0.25) is 5.02 Å². The lowest BCUT2D eigenvalue weighted by Gasteiger charge is -2.26. The molecule has 1 N–H and O–H groups in total. The fraction of sp³-hybridized carbons (Fsp3) is 0.409. The van der Waals surface area contributed by atoms with Gasteiger partial charge in [0.1, 0.15) is 5.82 Å². The Morgan fingerprint density at radius 1 is 1.17 bits per heavy atom. The predicted octanol–water partition coefficient (Wildman–Crippen LogP) is 2.94. The van der Waals surface area contributed by atoms with Gasteiger partial charge in [0, 0.05) is 45.3 Å². The topological polar surface area (TPSA) is 74.8 Å². The highest BCUT2D eigenvalue weighted by Crippen LogP contribution is 2.22. The summed E-state index contributed by atoms with van der Waals surface area (Å²) in [5, 5.41) is 3.65. The van der Waals surface area contributed by atoms with Crippen LogP contribution in [0.5, 0.6) is 0 Å². The first kappa shape index (κ1) is 20.6. The van der Waals surface area contributed by atoms with E-state index in [0.717, 1.165) is 24.1 Å². The predicted molar refractivity (Wildman–Crippen MR) is 114 cm³/mol. The number of rotatable bonds is 6. The smallest absolute Gasteiger partial charge is 0.255 e. The van der Waals surface area contributed by atoms with E-state index in [2.05, 4.69) is 16.4 Å². The summed E-state index contributed by atoms with van der Waals surface area (Å²) in [4.78, 5) is 32.4. The highest BCUT2D eigenvalue weighted by molar-refractivity contribution is 6.33. The van der Waals surface area contributed by atoms with E-state index >= 15 is 0 Å². The second-order valence-corrected chi connectivity index (χ2v) is 7.96. The number of halogens is 1. The first-order valence-electron chi connectivity index (χ1n) is 10.2. The van der Waals surface area contributed by atoms with Crippen LogP contribution < -0.4 is 5.32 Å². The highest BCUT2D eigenvalue weighted by atomic mass is 35.5. The number of ether oxygens (including phenoxy) is 1. The maximum Gasteiger partial charge on any atom is 0.255 e. The normalized spacial score (nSPS) is 16.8. The van der Waals surface area contributed by atoms with Crippen molar-refractivity contribution in [2.45, 2.75) is 25.9 Å². The van der Waals surface area contributed by atoms with Gasteiger partial charge in [-0.05, 0) is 23.6 Å². The molecule has 2 aromatic rings. The Kier molecular flexibility index (Phi) is 6.50. The van der Waals surface area contributed by atoms with E-state index in [4.69, 9.17) is 16.3 Å². The van der Waals surface area contributed by atoms with Crippen LogP contribution in [-0.2, 0) is 22.6 Å². The Balaban J connectivity index is 1.37. The molecule has 2 aliphatic rings. The maximum atomic E-state index is 12.6. The largest absolute Gasteiger partial charge is 0.378 e. The molecule has 4 rings (SSSR count). The van der Waals surface area contributed by atoms with Crippen LogP contribution in [0, 0.1) is 0 Å². The van der Waals surface area contributed by atoms with Crippen molar-refractivity contribution in [1.82, 2.24) is 14.8 Å². The molecule has 0 atom stereocenters. The van der Waals surface area contributed by atoms with Crippen molar-refractivity contribution in [3.63, 3.8) is 0 Å². The number of nitrogens with one attached hydrogen (secondary N) is 1. The summed E-state index contributed by atoms with van der Waals surface area (Å²) in [6.07, 6.45) is 3.14. The van der Waals surface area contributed by atoms with Crippen molar-refractivity contribution >= 4 is 29.2 Å². The summed E-state index contributed by atoms with van der Waals surface area (Å²) in [6.45, 7) is 4.28. The Morgan fingerprint density at radius 3 is 2.70 bits per heavy atom. The Morgan fingerprint density at radius 2 is 1.97 bits per heavy atom. The summed E-state index contributed by atoms with van der Waals surface area (Å²) in [5.41, 5.74) is 2.66. The molecular formula is C22H25ClN4O3. The van der Waals surface area contributed by atoms with Gasteiger partial charge in [-0.3, -0.25) is 9.59 Å². The van der Waals surface area contributed by atoms with E-state index in [0.29, 0.717) is 62.2 Å². The minimum atomic E-state index is -0.0802. The third kappa shape index (κ3) is 4.91. The zero-order chi connectivity index (χ0) is 20.9. The number of carbonyl (C=O) groups is 2. The van der Waals surface area contributed by atoms with Gasteiger partial charge >= 0.3 is 0 Å². The van der Waals surface area contributed by atoms with Crippen molar-refractivity contribution in [2.24, 2.45) is 0 Å². The number of hydrogen-bond donors (Lipinski definition) is 1. The van der Waals surface area contributed by atoms with Crippen LogP contribution in [0.25, 0.3) is 0 Å². The average molecular weight is 429 g/mol. The van der Waals surface area contributed by atoms with Gasteiger partial charge in [0.2, 0.25) is 5.91 Å². The van der Waals surface area contributed by atoms with Gasteiger partial charge in [-0.15, -0.1) is 0 Å². The Labute approximate surface area is 181 Å². The summed E-state index contributed by atoms with van der Waals surface area (Å²) >= 11 is 6.37. The fourth-order valence-corrected chi connectivity index (χ4v) is 3.98. The monoisotopic (exact) mass is 428 g/mol. The number of aromatic nitrogens is 1. The number of morpholine rings is 1. The molecule has 0 bridgehead atoms. The Hall–Kier alpha value is -2.64. The molecule has 8 heteroatoms. The molecule has 1 aromatic carbocycles. The second kappa shape index (κ2) is 9.45. The lowest BCUT2D eigenvalue weighted by molar-refractivity contribution is -0.128. The van der Waals surface area contributed by atoms with Crippen molar-refractivity contribution in [3.05, 3.63) is 58.2 Å². The second-order valence-electron chi connectivity index (χ2n) is 7.55. The number of hydrogen-bond acceptors (Lipinski definition) is 5. The molecule has 2 amide bonds. The van der Waals surface area contributed by atoms with E-state index in [-0.39, 0.29) is 11.8 Å². The molecule has 2 aliphatic heterocycles. The van der Waals surface area contributed by atoms with Gasteiger partial charge in [0.05, 0.1) is 23.8 Å². The van der Waals surface area contributed by atoms with Crippen LogP contribution in [0.15, 0.2) is 36.5 Å². The molecule has 2 saturated heterocycles. The maximum absolute atomic E-state index is 12.6. The van der Waals surface area contributed by atoms with E-state index < -0.39 is 0 Å². The summed E-state index contributed by atoms with van der Waals surface area (Å²) in [5.74, 6) is 0.681. The third-order valence-corrected chi connectivity index (χ3v) is 5.67. The van der Waals surface area contributed by atoms with Gasteiger partial charge in [-0.2, -0.15) is 0 Å². The van der Waals surface area contributed by atoms with Gasteiger partial charge in [-0.25, -0.2) is 4.98 Å². The van der Waals surface area contributed by atoms with E-state index in [9.17, 15) is 9.59 Å². The molecule has 0 spiro atoms. The van der Waals surface area contributed by atoms with E-state index in [1.165, 1.54) is 0 Å². The minimum absolute atomic E-state index is 0.0802. The van der Waals surface area contributed by atoms with Gasteiger partial charge < -0.3 is 19.9 Å². The standard InChI is InChI=1S/C22H25ClN4O3/c23-19-12-18(22(29)26-7-9-30-10-8-26)14-25-21(19)24-13-16-3-1-4-17(11-16)15-27-6-2-5-20(27)28/h1,3-4,11-12,14H,2,5-10,13,15H2,(H,24,25). The van der Waals surface area contributed by atoms with Crippen molar-refractivity contribution < 1.29 is 14.3 Å². The lowest BCUT2D eigenvalue weighted by Crippen LogP contribution is -2.40. The van der Waals surface area contributed by atoms with Gasteiger partial charge in [0.15, 0.2) is 0 Å². The van der Waals surface area contributed by atoms with Gasteiger partial charge in [0.25, 0.3) is 5.91 Å². The number of anilines is 1. The lowest BCUT2D eigenvalue weighted by atomic mass is 10.1. The molecule has 158 valence electrons. The molecule has 2 fully saturated rings. The zero-order valence-electron chi connectivity index (χ0n) is 16.8. The number of nitrogens with zero attached hydrogens (tertiary/aromatic N) is 3. The third-order valence-electron chi connectivity index (χ3n) is 5.38. The van der Waals surface area contributed by atoms with Crippen molar-refractivity contribution in [2.75, 3.05) is 38.2 Å². The minimum Gasteiger partial charge on any atom is -0.378 e. The first-order valence-corrected chi connectivity index (χ1v) is 10.6. The highest BCUT2D eigenvalue weighted by Gasteiger charge is 2.21. The first-order chi connectivity index (χ1) is 14.6. The number of pyridine rings is 1. The molecule has 3 heterocycles. The van der Waals surface area contributed by atoms with E-state index in [1.54, 1.807) is 17.2 Å². The summed E-state index contributed by atoms with van der Waals surface area (Å²) in [6, 6.07) is 9.79. The number of carbonyl (C=O) groups excluding carboxylic acids is 2. The van der Waals surface area contributed by atoms with Crippen LogP contribution in [0.4, 0.5) is 5.82 Å². The zero-order valence-corrected chi connectivity index (χ0v) is 17.5. The molecule has 0 saturated carbocycles. The molecule has 30 heavy (non-hydrogen) atoms. The molecule has 7 nitrogen and oxygen atoms in total. The summed E-state index contributed by atoms with van der Waals surface area (Å²) in [7, 11) is 0. The summed E-state index contributed by atoms with van der Waals surface area (Å²) < 4.78 is 5.29. The molecular weight excluding hydrogens is 404 g/mol. The molecule has 0 radical (unpaired) electrons. The van der Waals surface area contributed by atoms with Gasteiger partial charge in [-0.1, -0.05) is 35.9 Å². The number of likely N-dealkylation sites (tertiary alicyclic amines) is 1. The van der Waals surface area contributed by atoms with E-state index in [1.807, 2.05) is 23.1 Å². The van der Waals surface area contributed by atoms with Crippen LogP contribution in [0.1, 0.15) is 34.3 Å². The Bertz CT molecular complexity index is 930. The number of benzene rings is 1. The molecule has 1 aromatic heterocycles. The molecule has 0 unspecified atom stereocenters. The fourth-order valence-electron chi connectivity index (χ4n) is 3.75. The SMILES string of the molecule is O=C1CCCN1Cc1cccc(CNc2ncc(C(=O)N3CCOCC3)cc2Cl)c1. The van der Waals surface area contributed by atoms with Crippen LogP contribution in [-0.4, -0.2) is 59.4 Å². The average Bonchev–Trinajstić information content (AvgIpc) is 3.17. The van der Waals surface area contributed by atoms with Crippen LogP contribution in [0.3, 0.4) is 0 Å². The quantitative estimate of drug-likeness (QED) is 0.765. The number of amides is 2. The van der Waals surface area contributed by atoms with Crippen molar-refractivity contribution in [1.29, 1.82) is 0 Å². The van der Waals surface area contributed by atoms with Crippen molar-refractivity contribution in [3.8, 4) is 0 Å².